The summed E-state index contributed by atoms with van der Waals surface area (Å²) in [6.45, 7) is 4.42. The van der Waals surface area contributed by atoms with E-state index < -0.39 is 5.91 Å². The molecule has 1 aliphatic carbocycles. The highest BCUT2D eigenvalue weighted by molar-refractivity contribution is 5.99. The Morgan fingerprint density at radius 2 is 1.90 bits per heavy atom. The Bertz CT molecular complexity index is 513. The van der Waals surface area contributed by atoms with Crippen LogP contribution in [0.2, 0.25) is 0 Å². The van der Waals surface area contributed by atoms with Crippen molar-refractivity contribution in [2.45, 2.75) is 39.2 Å². The van der Waals surface area contributed by atoms with Crippen molar-refractivity contribution in [2.75, 3.05) is 0 Å². The molecule has 3 N–H and O–H groups in total. The van der Waals surface area contributed by atoms with Gasteiger partial charge >= 0.3 is 0 Å². The van der Waals surface area contributed by atoms with Crippen molar-refractivity contribution in [1.29, 1.82) is 0 Å². The Morgan fingerprint density at radius 1 is 1.20 bits per heavy atom. The molecule has 0 radical (unpaired) electrons. The molecular formula is C16H22N2O2. The molecule has 0 aliphatic heterocycles. The molecule has 4 heteroatoms. The van der Waals surface area contributed by atoms with Gasteiger partial charge < -0.3 is 11.1 Å². The topological polar surface area (TPSA) is 72.2 Å². The van der Waals surface area contributed by atoms with E-state index in [4.69, 9.17) is 5.73 Å². The molecule has 0 bridgehead atoms. The minimum Gasteiger partial charge on any atom is -0.366 e. The van der Waals surface area contributed by atoms with Crippen LogP contribution in [-0.2, 0) is 0 Å². The first-order valence-electron chi connectivity index (χ1n) is 7.19. The van der Waals surface area contributed by atoms with E-state index in [0.29, 0.717) is 23.0 Å². The molecule has 20 heavy (non-hydrogen) atoms. The highest BCUT2D eigenvalue weighted by atomic mass is 16.2. The highest BCUT2D eigenvalue weighted by Crippen LogP contribution is 2.29. The lowest BCUT2D eigenvalue weighted by Crippen LogP contribution is -2.43. The van der Waals surface area contributed by atoms with Gasteiger partial charge in [-0.15, -0.1) is 0 Å². The zero-order valence-electron chi connectivity index (χ0n) is 12.1. The number of nitrogens with two attached hydrogens (primary N) is 1. The van der Waals surface area contributed by atoms with Gasteiger partial charge in [0.05, 0.1) is 0 Å². The molecule has 4 nitrogen and oxygen atoms in total. The van der Waals surface area contributed by atoms with Gasteiger partial charge in [-0.05, 0) is 36.5 Å². The lowest BCUT2D eigenvalue weighted by Gasteiger charge is -2.34. The van der Waals surface area contributed by atoms with Gasteiger partial charge in [-0.2, -0.15) is 0 Å². The van der Waals surface area contributed by atoms with Gasteiger partial charge in [0.15, 0.2) is 0 Å². The van der Waals surface area contributed by atoms with Gasteiger partial charge in [-0.25, -0.2) is 0 Å². The molecule has 0 unspecified atom stereocenters. The van der Waals surface area contributed by atoms with Crippen LogP contribution in [0.1, 0.15) is 53.8 Å². The number of carbonyl (C=O) groups excluding carboxylic acids is 2. The van der Waals surface area contributed by atoms with Gasteiger partial charge in [0.1, 0.15) is 0 Å². The SMILES string of the molecule is C[C@H]1[C@H](C)CCC[C@@H]1NC(=O)c1cccc(C(N)=O)c1. The Hall–Kier alpha value is -1.84. The highest BCUT2D eigenvalue weighted by Gasteiger charge is 2.28. The monoisotopic (exact) mass is 274 g/mol. The van der Waals surface area contributed by atoms with Crippen molar-refractivity contribution in [2.24, 2.45) is 17.6 Å². The Balaban J connectivity index is 2.08. The molecule has 1 aromatic rings. The summed E-state index contributed by atoms with van der Waals surface area (Å²) in [5.41, 5.74) is 6.09. The van der Waals surface area contributed by atoms with E-state index in [-0.39, 0.29) is 11.9 Å². The van der Waals surface area contributed by atoms with Crippen LogP contribution < -0.4 is 11.1 Å². The molecule has 1 fully saturated rings. The second kappa shape index (κ2) is 6.07. The van der Waals surface area contributed by atoms with Crippen LogP contribution in [0.3, 0.4) is 0 Å². The van der Waals surface area contributed by atoms with Gasteiger partial charge in [-0.1, -0.05) is 32.8 Å². The number of rotatable bonds is 3. The minimum absolute atomic E-state index is 0.126. The predicted octanol–water partition coefficient (Wildman–Crippen LogP) is 2.34. The Labute approximate surface area is 119 Å². The summed E-state index contributed by atoms with van der Waals surface area (Å²) in [5, 5.41) is 3.09. The summed E-state index contributed by atoms with van der Waals surface area (Å²) in [4.78, 5) is 23.4. The van der Waals surface area contributed by atoms with Gasteiger partial charge in [0.25, 0.3) is 5.91 Å². The summed E-state index contributed by atoms with van der Waals surface area (Å²) in [7, 11) is 0. The third-order valence-corrected chi connectivity index (χ3v) is 4.43. The molecular weight excluding hydrogens is 252 g/mol. The first-order valence-corrected chi connectivity index (χ1v) is 7.19. The first-order chi connectivity index (χ1) is 9.49. The van der Waals surface area contributed by atoms with Gasteiger partial charge in [0, 0.05) is 17.2 Å². The maximum Gasteiger partial charge on any atom is 0.251 e. The number of carbonyl (C=O) groups is 2. The van der Waals surface area contributed by atoms with E-state index in [0.717, 1.165) is 12.8 Å². The van der Waals surface area contributed by atoms with E-state index in [9.17, 15) is 9.59 Å². The van der Waals surface area contributed by atoms with Crippen molar-refractivity contribution in [3.05, 3.63) is 35.4 Å². The molecule has 2 rings (SSSR count). The molecule has 2 amide bonds. The average molecular weight is 274 g/mol. The summed E-state index contributed by atoms with van der Waals surface area (Å²) in [5.74, 6) is 0.469. The molecule has 1 saturated carbocycles. The molecule has 1 aromatic carbocycles. The van der Waals surface area contributed by atoms with Crippen LogP contribution in [0, 0.1) is 11.8 Å². The Morgan fingerprint density at radius 3 is 2.60 bits per heavy atom. The van der Waals surface area contributed by atoms with E-state index in [1.807, 2.05) is 0 Å². The summed E-state index contributed by atoms with van der Waals surface area (Å²) in [6.07, 6.45) is 3.40. The molecule has 1 aliphatic rings. The first kappa shape index (κ1) is 14.6. The van der Waals surface area contributed by atoms with Crippen molar-refractivity contribution in [3.63, 3.8) is 0 Å². The maximum atomic E-state index is 12.3. The third kappa shape index (κ3) is 3.18. The quantitative estimate of drug-likeness (QED) is 0.888. The van der Waals surface area contributed by atoms with Crippen LogP contribution in [0.15, 0.2) is 24.3 Å². The van der Waals surface area contributed by atoms with E-state index in [2.05, 4.69) is 19.2 Å². The van der Waals surface area contributed by atoms with Crippen LogP contribution in [0.25, 0.3) is 0 Å². The number of nitrogens with one attached hydrogen (secondary N) is 1. The summed E-state index contributed by atoms with van der Waals surface area (Å²) in [6, 6.07) is 6.77. The maximum absolute atomic E-state index is 12.3. The fourth-order valence-electron chi connectivity index (χ4n) is 2.85. The Kier molecular flexibility index (Phi) is 4.42. The summed E-state index contributed by atoms with van der Waals surface area (Å²) < 4.78 is 0. The smallest absolute Gasteiger partial charge is 0.251 e. The lowest BCUT2D eigenvalue weighted by molar-refractivity contribution is 0.0891. The van der Waals surface area contributed by atoms with Crippen LogP contribution in [0.4, 0.5) is 0 Å². The number of benzene rings is 1. The average Bonchev–Trinajstić information content (AvgIpc) is 2.44. The van der Waals surface area contributed by atoms with Crippen LogP contribution in [-0.4, -0.2) is 17.9 Å². The van der Waals surface area contributed by atoms with Crippen LogP contribution >= 0.6 is 0 Å². The zero-order chi connectivity index (χ0) is 14.7. The largest absolute Gasteiger partial charge is 0.366 e. The molecule has 3 atom stereocenters. The fraction of sp³-hybridized carbons (Fsp3) is 0.500. The third-order valence-electron chi connectivity index (χ3n) is 4.43. The second-order valence-corrected chi connectivity index (χ2v) is 5.79. The lowest BCUT2D eigenvalue weighted by atomic mass is 9.78. The van der Waals surface area contributed by atoms with Crippen molar-refractivity contribution < 1.29 is 9.59 Å². The van der Waals surface area contributed by atoms with E-state index >= 15 is 0 Å². The van der Waals surface area contributed by atoms with Crippen molar-refractivity contribution in [1.82, 2.24) is 5.32 Å². The summed E-state index contributed by atoms with van der Waals surface area (Å²) >= 11 is 0. The molecule has 0 spiro atoms. The number of hydrogen-bond donors (Lipinski definition) is 2. The predicted molar refractivity (Wildman–Crippen MR) is 78.4 cm³/mol. The minimum atomic E-state index is -0.515. The zero-order valence-corrected chi connectivity index (χ0v) is 12.1. The number of primary amides is 1. The van der Waals surface area contributed by atoms with E-state index in [1.54, 1.807) is 24.3 Å². The van der Waals surface area contributed by atoms with E-state index in [1.165, 1.54) is 6.42 Å². The number of amides is 2. The van der Waals surface area contributed by atoms with Crippen molar-refractivity contribution >= 4 is 11.8 Å². The normalized spacial score (nSPS) is 26.0. The standard InChI is InChI=1S/C16H22N2O2/c1-10-5-3-8-14(11(10)2)18-16(20)13-7-4-6-12(9-13)15(17)19/h4,6-7,9-11,14H,3,5,8H2,1-2H3,(H2,17,19)(H,18,20)/t10-,11+,14+/m1/s1. The fourth-order valence-corrected chi connectivity index (χ4v) is 2.85. The van der Waals surface area contributed by atoms with Gasteiger partial charge in [-0.3, -0.25) is 9.59 Å². The second-order valence-electron chi connectivity index (χ2n) is 5.79. The molecule has 0 saturated heterocycles. The molecule has 0 heterocycles. The van der Waals surface area contributed by atoms with Gasteiger partial charge in [0.2, 0.25) is 5.91 Å². The molecule has 108 valence electrons. The van der Waals surface area contributed by atoms with Crippen molar-refractivity contribution in [3.8, 4) is 0 Å². The van der Waals surface area contributed by atoms with Crippen LogP contribution in [0.5, 0.6) is 0 Å². The molecule has 0 aromatic heterocycles. The number of hydrogen-bond acceptors (Lipinski definition) is 2.